The molecule has 0 saturated carbocycles. The molecule has 7 nitrogen and oxygen atoms in total. The molecular weight excluding hydrogens is 470 g/mol. The molecule has 0 aromatic heterocycles. The quantitative estimate of drug-likeness (QED) is 0.345. The third-order valence-electron chi connectivity index (χ3n) is 6.21. The first-order valence-corrected chi connectivity index (χ1v) is 14.7. The molecular formula is C25H35N3O4S2. The molecule has 9 heteroatoms. The molecule has 1 fully saturated rings. The first-order chi connectivity index (χ1) is 16.2. The van der Waals surface area contributed by atoms with Crippen molar-refractivity contribution in [1.82, 2.24) is 9.21 Å². The Hall–Kier alpha value is -2.07. The second-order valence-corrected chi connectivity index (χ2v) is 12.3. The van der Waals surface area contributed by atoms with E-state index in [2.05, 4.69) is 34.1 Å². The van der Waals surface area contributed by atoms with Crippen LogP contribution in [0.25, 0.3) is 0 Å². The van der Waals surface area contributed by atoms with Crippen molar-refractivity contribution in [2.75, 3.05) is 58.0 Å². The molecule has 34 heavy (non-hydrogen) atoms. The number of nitrogens with zero attached hydrogens (tertiary/aromatic N) is 3. The third kappa shape index (κ3) is 6.75. The minimum atomic E-state index is -3.79. The highest BCUT2D eigenvalue weighted by molar-refractivity contribution is 7.90. The molecule has 2 aromatic rings. The van der Waals surface area contributed by atoms with Gasteiger partial charge in [0.1, 0.15) is 0 Å². The number of hydrogen-bond acceptors (Lipinski definition) is 6. The highest BCUT2D eigenvalue weighted by Gasteiger charge is 2.24. The van der Waals surface area contributed by atoms with E-state index in [9.17, 15) is 17.4 Å². The lowest BCUT2D eigenvalue weighted by Gasteiger charge is -2.36. The number of ketones is 1. The monoisotopic (exact) mass is 505 g/mol. The van der Waals surface area contributed by atoms with E-state index in [-0.39, 0.29) is 15.6 Å². The lowest BCUT2D eigenvalue weighted by molar-refractivity contribution is 0.0978. The van der Waals surface area contributed by atoms with Crippen LogP contribution in [0.5, 0.6) is 0 Å². The molecule has 1 unspecified atom stereocenters. The largest absolute Gasteiger partial charge is 0.369 e. The molecule has 0 spiro atoms. The predicted molar refractivity (Wildman–Crippen MR) is 138 cm³/mol. The van der Waals surface area contributed by atoms with Crippen molar-refractivity contribution >= 4 is 32.3 Å². The van der Waals surface area contributed by atoms with Crippen LogP contribution < -0.4 is 4.90 Å². The van der Waals surface area contributed by atoms with Crippen LogP contribution in [0.3, 0.4) is 0 Å². The van der Waals surface area contributed by atoms with E-state index < -0.39 is 20.8 Å². The van der Waals surface area contributed by atoms with Gasteiger partial charge in [0.15, 0.2) is 5.78 Å². The van der Waals surface area contributed by atoms with Crippen LogP contribution in [0, 0.1) is 0 Å². The van der Waals surface area contributed by atoms with Crippen molar-refractivity contribution in [2.24, 2.45) is 0 Å². The Morgan fingerprint density at radius 1 is 0.971 bits per heavy atom. The average Bonchev–Trinajstić information content (AvgIpc) is 2.84. The smallest absolute Gasteiger partial charge is 0.243 e. The van der Waals surface area contributed by atoms with Gasteiger partial charge in [0.25, 0.3) is 0 Å². The van der Waals surface area contributed by atoms with Gasteiger partial charge in [-0.05, 0) is 43.7 Å². The summed E-state index contributed by atoms with van der Waals surface area (Å²) in [6.45, 7) is 5.17. The van der Waals surface area contributed by atoms with E-state index in [0.29, 0.717) is 12.0 Å². The molecule has 3 rings (SSSR count). The van der Waals surface area contributed by atoms with Gasteiger partial charge in [-0.3, -0.25) is 13.9 Å². The number of sulfonamides is 1. The SMILES string of the molecule is CN(C)S(=O)(=O)c1cc(C(=O)CCCCCN2CCN(c3ccccc3)CC2)ccc1S(C)=O. The van der Waals surface area contributed by atoms with Gasteiger partial charge in [0, 0.05) is 64.2 Å². The molecule has 0 bridgehead atoms. The van der Waals surface area contributed by atoms with Gasteiger partial charge in [-0.25, -0.2) is 12.7 Å². The number of carbonyl (C=O) groups is 1. The van der Waals surface area contributed by atoms with Crippen molar-refractivity contribution in [3.63, 3.8) is 0 Å². The Balaban J connectivity index is 1.45. The second kappa shape index (κ2) is 12.1. The van der Waals surface area contributed by atoms with Crippen LogP contribution in [0.1, 0.15) is 36.0 Å². The van der Waals surface area contributed by atoms with E-state index in [1.165, 1.54) is 38.2 Å². The number of rotatable bonds is 11. The fraction of sp³-hybridized carbons (Fsp3) is 0.480. The van der Waals surface area contributed by atoms with E-state index in [1.807, 2.05) is 6.07 Å². The summed E-state index contributed by atoms with van der Waals surface area (Å²) in [7, 11) is -2.42. The zero-order valence-electron chi connectivity index (χ0n) is 20.3. The summed E-state index contributed by atoms with van der Waals surface area (Å²) in [5.74, 6) is -0.0832. The summed E-state index contributed by atoms with van der Waals surface area (Å²) >= 11 is 0. The summed E-state index contributed by atoms with van der Waals surface area (Å²) in [6.07, 6.45) is 4.56. The Labute approximate surface area is 206 Å². The van der Waals surface area contributed by atoms with Gasteiger partial charge in [0.05, 0.1) is 20.6 Å². The number of unbranched alkanes of at least 4 members (excludes halogenated alkanes) is 2. The van der Waals surface area contributed by atoms with Gasteiger partial charge in [-0.15, -0.1) is 0 Å². The summed E-state index contributed by atoms with van der Waals surface area (Å²) in [5, 5.41) is 0. The molecule has 1 aliphatic rings. The maximum atomic E-state index is 12.7. The van der Waals surface area contributed by atoms with E-state index in [1.54, 1.807) is 6.07 Å². The van der Waals surface area contributed by atoms with Crippen molar-refractivity contribution in [3.05, 3.63) is 54.1 Å². The van der Waals surface area contributed by atoms with Gasteiger partial charge < -0.3 is 4.90 Å². The number of benzene rings is 2. The zero-order valence-corrected chi connectivity index (χ0v) is 21.9. The Morgan fingerprint density at radius 2 is 1.65 bits per heavy atom. The predicted octanol–water partition coefficient (Wildman–Crippen LogP) is 3.24. The molecule has 0 radical (unpaired) electrons. The van der Waals surface area contributed by atoms with Gasteiger partial charge in [0.2, 0.25) is 10.0 Å². The molecule has 1 atom stereocenters. The number of Topliss-reactive ketones (excluding diaryl/α,β-unsaturated/α-hetero) is 1. The molecule has 2 aromatic carbocycles. The summed E-state index contributed by atoms with van der Waals surface area (Å²) in [6, 6.07) is 14.9. The summed E-state index contributed by atoms with van der Waals surface area (Å²) < 4.78 is 38.4. The number of piperazine rings is 1. The van der Waals surface area contributed by atoms with Gasteiger partial charge >= 0.3 is 0 Å². The van der Waals surface area contributed by atoms with Crippen molar-refractivity contribution in [1.29, 1.82) is 0 Å². The van der Waals surface area contributed by atoms with Gasteiger partial charge in [-0.2, -0.15) is 0 Å². The molecule has 0 aliphatic carbocycles. The van der Waals surface area contributed by atoms with E-state index >= 15 is 0 Å². The molecule has 0 N–H and O–H groups in total. The summed E-state index contributed by atoms with van der Waals surface area (Å²) in [5.41, 5.74) is 1.63. The molecule has 0 amide bonds. The standard InChI is InChI=1S/C25H35N3O4S2/c1-26(2)34(31,32)25-20-21(13-14-24(25)33(3)30)23(29)12-8-5-9-15-27-16-18-28(19-17-27)22-10-6-4-7-11-22/h4,6-7,10-11,13-14,20H,5,8-9,12,15-19H2,1-3H3. The molecule has 1 heterocycles. The lowest BCUT2D eigenvalue weighted by Crippen LogP contribution is -2.46. The summed E-state index contributed by atoms with van der Waals surface area (Å²) in [4.78, 5) is 17.8. The average molecular weight is 506 g/mol. The van der Waals surface area contributed by atoms with Crippen LogP contribution in [-0.2, 0) is 20.8 Å². The third-order valence-corrected chi connectivity index (χ3v) is 9.17. The number of carbonyl (C=O) groups excluding carboxylic acids is 1. The fourth-order valence-corrected chi connectivity index (χ4v) is 6.39. The molecule has 1 saturated heterocycles. The Morgan fingerprint density at radius 3 is 2.26 bits per heavy atom. The topological polar surface area (TPSA) is 78.0 Å². The Bertz CT molecular complexity index is 1100. The maximum absolute atomic E-state index is 12.7. The van der Waals surface area contributed by atoms with Crippen molar-refractivity contribution in [3.8, 4) is 0 Å². The normalized spacial score (nSPS) is 16.1. The molecule has 186 valence electrons. The zero-order chi connectivity index (χ0) is 24.7. The van der Waals surface area contributed by atoms with E-state index in [0.717, 1.165) is 56.3 Å². The lowest BCUT2D eigenvalue weighted by atomic mass is 10.0. The fourth-order valence-electron chi connectivity index (χ4n) is 4.13. The van der Waals surface area contributed by atoms with Crippen molar-refractivity contribution in [2.45, 2.75) is 35.5 Å². The number of anilines is 1. The van der Waals surface area contributed by atoms with Crippen LogP contribution in [0.15, 0.2) is 58.3 Å². The minimum absolute atomic E-state index is 0.0566. The van der Waals surface area contributed by atoms with Crippen LogP contribution in [0.4, 0.5) is 5.69 Å². The maximum Gasteiger partial charge on any atom is 0.243 e. The first-order valence-electron chi connectivity index (χ1n) is 11.7. The highest BCUT2D eigenvalue weighted by Crippen LogP contribution is 2.24. The first kappa shape index (κ1) is 26.5. The van der Waals surface area contributed by atoms with Crippen LogP contribution >= 0.6 is 0 Å². The molecule has 1 aliphatic heterocycles. The highest BCUT2D eigenvalue weighted by atomic mass is 32.2. The Kier molecular flexibility index (Phi) is 9.41. The van der Waals surface area contributed by atoms with Gasteiger partial charge in [-0.1, -0.05) is 30.7 Å². The number of para-hydroxylation sites is 1. The second-order valence-electron chi connectivity index (χ2n) is 8.80. The van der Waals surface area contributed by atoms with E-state index in [4.69, 9.17) is 0 Å². The van der Waals surface area contributed by atoms with Crippen LogP contribution in [-0.4, -0.2) is 80.7 Å². The van der Waals surface area contributed by atoms with Crippen molar-refractivity contribution < 1.29 is 17.4 Å². The minimum Gasteiger partial charge on any atom is -0.369 e. The van der Waals surface area contributed by atoms with Crippen LogP contribution in [0.2, 0.25) is 0 Å². The number of hydrogen-bond donors (Lipinski definition) is 0.